The van der Waals surface area contributed by atoms with E-state index in [-0.39, 0.29) is 41.8 Å². The number of hydrogen-bond donors (Lipinski definition) is 3. The molecule has 0 aliphatic carbocycles. The summed E-state index contributed by atoms with van der Waals surface area (Å²) in [4.78, 5) is 4.13. The first-order valence-corrected chi connectivity index (χ1v) is 8.66. The molecule has 0 saturated heterocycles. The summed E-state index contributed by atoms with van der Waals surface area (Å²) in [7, 11) is 1.65. The zero-order chi connectivity index (χ0) is 19.6. The maximum absolute atomic E-state index is 12.7. The number of alkyl halides is 2. The van der Waals surface area contributed by atoms with Crippen molar-refractivity contribution in [2.75, 3.05) is 26.7 Å². The number of nitrogens with zero attached hydrogens (tertiary/aromatic N) is 1. The van der Waals surface area contributed by atoms with Crippen LogP contribution in [-0.2, 0) is 6.54 Å². The predicted octanol–water partition coefficient (Wildman–Crippen LogP) is 3.36. The van der Waals surface area contributed by atoms with E-state index in [2.05, 4.69) is 46.5 Å². The van der Waals surface area contributed by atoms with E-state index in [1.807, 2.05) is 0 Å². The van der Waals surface area contributed by atoms with E-state index in [9.17, 15) is 8.78 Å². The number of benzene rings is 1. The lowest BCUT2D eigenvalue weighted by molar-refractivity contribution is -0.0520. The molecule has 27 heavy (non-hydrogen) atoms. The molecule has 1 aromatic carbocycles. The number of guanidine groups is 1. The number of aliphatic imine (C=N–C) groups is 1. The molecule has 0 aliphatic heterocycles. The van der Waals surface area contributed by atoms with E-state index in [0.717, 1.165) is 6.54 Å². The third-order valence-electron chi connectivity index (χ3n) is 3.31. The Hall–Kier alpha value is -1.36. The number of hydrogen-bond acceptors (Lipinski definition) is 4. The first-order valence-electron chi connectivity index (χ1n) is 8.66. The van der Waals surface area contributed by atoms with Crippen LogP contribution in [-0.4, -0.2) is 44.9 Å². The molecule has 0 amide bonds. The molecule has 0 radical (unpaired) electrons. The van der Waals surface area contributed by atoms with Gasteiger partial charge in [0.1, 0.15) is 0 Å². The van der Waals surface area contributed by atoms with Crippen LogP contribution in [0.1, 0.15) is 33.3 Å². The van der Waals surface area contributed by atoms with Crippen molar-refractivity contribution in [1.82, 2.24) is 16.0 Å². The Morgan fingerprint density at radius 3 is 2.44 bits per heavy atom. The minimum absolute atomic E-state index is 0. The molecular weight excluding hydrogens is 469 g/mol. The van der Waals surface area contributed by atoms with Crippen molar-refractivity contribution in [2.24, 2.45) is 4.99 Å². The second kappa shape index (κ2) is 12.9. The molecule has 1 rings (SSSR count). The van der Waals surface area contributed by atoms with Gasteiger partial charge in [-0.05, 0) is 33.8 Å². The fourth-order valence-electron chi connectivity index (χ4n) is 2.21. The number of rotatable bonds is 9. The van der Waals surface area contributed by atoms with Crippen molar-refractivity contribution in [3.63, 3.8) is 0 Å². The highest BCUT2D eigenvalue weighted by molar-refractivity contribution is 14.0. The minimum atomic E-state index is -2.92. The third kappa shape index (κ3) is 10.5. The highest BCUT2D eigenvalue weighted by Crippen LogP contribution is 2.32. The Labute approximate surface area is 177 Å². The zero-order valence-electron chi connectivity index (χ0n) is 16.6. The van der Waals surface area contributed by atoms with Crippen molar-refractivity contribution >= 4 is 29.9 Å². The SMILES string of the molecule is CCOc1cccc(CNC(=NC)NCCNC(C)(C)C)c1OC(F)F.I. The van der Waals surface area contributed by atoms with Crippen LogP contribution in [0.3, 0.4) is 0 Å². The van der Waals surface area contributed by atoms with Gasteiger partial charge in [0.25, 0.3) is 0 Å². The third-order valence-corrected chi connectivity index (χ3v) is 3.31. The molecule has 0 aromatic heterocycles. The minimum Gasteiger partial charge on any atom is -0.490 e. The Morgan fingerprint density at radius 1 is 1.19 bits per heavy atom. The van der Waals surface area contributed by atoms with E-state index < -0.39 is 6.61 Å². The van der Waals surface area contributed by atoms with E-state index >= 15 is 0 Å². The van der Waals surface area contributed by atoms with Gasteiger partial charge >= 0.3 is 6.61 Å². The summed E-state index contributed by atoms with van der Waals surface area (Å²) in [5.41, 5.74) is 0.604. The molecule has 0 aliphatic rings. The maximum Gasteiger partial charge on any atom is 0.387 e. The molecule has 0 fully saturated rings. The van der Waals surface area contributed by atoms with Gasteiger partial charge in [-0.2, -0.15) is 8.78 Å². The van der Waals surface area contributed by atoms with E-state index in [0.29, 0.717) is 30.4 Å². The summed E-state index contributed by atoms with van der Waals surface area (Å²) in [6, 6.07) is 5.06. The first-order chi connectivity index (χ1) is 12.3. The van der Waals surface area contributed by atoms with E-state index in [1.165, 1.54) is 0 Å². The Balaban J connectivity index is 0.00000676. The molecule has 0 spiro atoms. The molecule has 156 valence electrons. The fourth-order valence-corrected chi connectivity index (χ4v) is 2.21. The van der Waals surface area contributed by atoms with E-state index in [1.54, 1.807) is 32.2 Å². The monoisotopic (exact) mass is 500 g/mol. The zero-order valence-corrected chi connectivity index (χ0v) is 18.9. The van der Waals surface area contributed by atoms with Crippen LogP contribution in [0.4, 0.5) is 8.78 Å². The summed E-state index contributed by atoms with van der Waals surface area (Å²) in [5.74, 6) is 0.914. The first kappa shape index (κ1) is 25.6. The summed E-state index contributed by atoms with van der Waals surface area (Å²) in [5, 5.41) is 9.63. The average Bonchev–Trinajstić information content (AvgIpc) is 2.55. The largest absolute Gasteiger partial charge is 0.490 e. The molecule has 3 N–H and O–H groups in total. The fraction of sp³-hybridized carbons (Fsp3) is 0.611. The quantitative estimate of drug-likeness (QED) is 0.210. The van der Waals surface area contributed by atoms with Crippen molar-refractivity contribution in [1.29, 1.82) is 0 Å². The van der Waals surface area contributed by atoms with Gasteiger partial charge in [-0.1, -0.05) is 12.1 Å². The highest BCUT2D eigenvalue weighted by Gasteiger charge is 2.16. The lowest BCUT2D eigenvalue weighted by atomic mass is 10.1. The van der Waals surface area contributed by atoms with Crippen LogP contribution in [0.25, 0.3) is 0 Å². The van der Waals surface area contributed by atoms with Crippen molar-refractivity contribution in [2.45, 2.75) is 46.4 Å². The summed E-state index contributed by atoms with van der Waals surface area (Å²) < 4.78 is 35.5. The van der Waals surface area contributed by atoms with Gasteiger partial charge in [0, 0.05) is 37.8 Å². The van der Waals surface area contributed by atoms with Gasteiger partial charge in [0.15, 0.2) is 17.5 Å². The molecule has 6 nitrogen and oxygen atoms in total. The number of nitrogens with one attached hydrogen (secondary N) is 3. The van der Waals surface area contributed by atoms with Crippen LogP contribution in [0.5, 0.6) is 11.5 Å². The van der Waals surface area contributed by atoms with Crippen LogP contribution < -0.4 is 25.4 Å². The standard InChI is InChI=1S/C18H30F2N4O2.HI/c1-6-25-14-9-7-8-13(15(14)26-16(19)20)12-23-17(21-5)22-10-11-24-18(2,3)4;/h7-9,16,24H,6,10-12H2,1-5H3,(H2,21,22,23);1H. The van der Waals surface area contributed by atoms with Crippen LogP contribution in [0.2, 0.25) is 0 Å². The molecule has 0 saturated carbocycles. The van der Waals surface area contributed by atoms with Gasteiger partial charge in [0.05, 0.1) is 6.61 Å². The lowest BCUT2D eigenvalue weighted by Gasteiger charge is -2.21. The molecular formula is C18H31F2IN4O2. The smallest absolute Gasteiger partial charge is 0.387 e. The topological polar surface area (TPSA) is 66.9 Å². The maximum atomic E-state index is 12.7. The van der Waals surface area contributed by atoms with Crippen molar-refractivity contribution in [3.05, 3.63) is 23.8 Å². The Bertz CT molecular complexity index is 581. The second-order valence-corrected chi connectivity index (χ2v) is 6.59. The molecule has 0 bridgehead atoms. The van der Waals surface area contributed by atoms with Crippen LogP contribution in [0.15, 0.2) is 23.2 Å². The summed E-state index contributed by atoms with van der Waals surface area (Å²) >= 11 is 0. The van der Waals surface area contributed by atoms with Crippen LogP contribution in [0, 0.1) is 0 Å². The van der Waals surface area contributed by atoms with Gasteiger partial charge < -0.3 is 25.4 Å². The molecule has 0 heterocycles. The van der Waals surface area contributed by atoms with Gasteiger partial charge in [0.2, 0.25) is 0 Å². The van der Waals surface area contributed by atoms with Gasteiger partial charge in [-0.25, -0.2) is 0 Å². The van der Waals surface area contributed by atoms with Gasteiger partial charge in [-0.3, -0.25) is 4.99 Å². The summed E-state index contributed by atoms with van der Waals surface area (Å²) in [6.45, 7) is 7.23. The number of para-hydroxylation sites is 1. The molecule has 9 heteroatoms. The highest BCUT2D eigenvalue weighted by atomic mass is 127. The van der Waals surface area contributed by atoms with Crippen LogP contribution >= 0.6 is 24.0 Å². The van der Waals surface area contributed by atoms with Crippen molar-refractivity contribution < 1.29 is 18.3 Å². The Morgan fingerprint density at radius 2 is 1.89 bits per heavy atom. The van der Waals surface area contributed by atoms with Gasteiger partial charge in [-0.15, -0.1) is 24.0 Å². The average molecular weight is 500 g/mol. The molecule has 0 atom stereocenters. The molecule has 0 unspecified atom stereocenters. The second-order valence-electron chi connectivity index (χ2n) is 6.59. The number of halogens is 3. The summed E-state index contributed by atoms with van der Waals surface area (Å²) in [6.07, 6.45) is 0. The predicted molar refractivity (Wildman–Crippen MR) is 116 cm³/mol. The Kier molecular flexibility index (Phi) is 12.3. The lowest BCUT2D eigenvalue weighted by Crippen LogP contribution is -2.44. The van der Waals surface area contributed by atoms with E-state index in [4.69, 9.17) is 4.74 Å². The normalized spacial score (nSPS) is 11.8. The number of ether oxygens (including phenoxy) is 2. The molecule has 1 aromatic rings. The van der Waals surface area contributed by atoms with Crippen molar-refractivity contribution in [3.8, 4) is 11.5 Å².